The number of hydrogen-bond donors (Lipinski definition) is 1. The highest BCUT2D eigenvalue weighted by molar-refractivity contribution is 9.10. The van der Waals surface area contributed by atoms with E-state index < -0.39 is 23.5 Å². The summed E-state index contributed by atoms with van der Waals surface area (Å²) in [6, 6.07) is 0.568. The second kappa shape index (κ2) is 6.19. The van der Waals surface area contributed by atoms with Crippen molar-refractivity contribution in [3.63, 3.8) is 0 Å². The van der Waals surface area contributed by atoms with Crippen LogP contribution in [-0.2, 0) is 0 Å². The highest BCUT2D eigenvalue weighted by Crippen LogP contribution is 2.33. The summed E-state index contributed by atoms with van der Waals surface area (Å²) < 4.78 is 43.4. The van der Waals surface area contributed by atoms with Crippen LogP contribution >= 0.6 is 15.9 Å². The number of benzene rings is 1. The molecule has 114 valence electrons. The Morgan fingerprint density at radius 1 is 1.19 bits per heavy atom. The molecule has 0 aliphatic rings. The molecular weight excluding hydrogens is 347 g/mol. The van der Waals surface area contributed by atoms with Gasteiger partial charge in [-0.3, -0.25) is 4.68 Å². The molecule has 1 atom stereocenters. The van der Waals surface area contributed by atoms with Crippen molar-refractivity contribution in [3.8, 4) is 0 Å². The van der Waals surface area contributed by atoms with E-state index in [4.69, 9.17) is 0 Å². The van der Waals surface area contributed by atoms with Crippen LogP contribution in [0.4, 0.5) is 13.2 Å². The van der Waals surface area contributed by atoms with Crippen LogP contribution in [-0.4, -0.2) is 16.8 Å². The first-order chi connectivity index (χ1) is 9.86. The van der Waals surface area contributed by atoms with Crippen molar-refractivity contribution in [2.45, 2.75) is 25.9 Å². The van der Waals surface area contributed by atoms with Gasteiger partial charge >= 0.3 is 0 Å². The van der Waals surface area contributed by atoms with E-state index >= 15 is 0 Å². The molecule has 0 fully saturated rings. The van der Waals surface area contributed by atoms with E-state index in [-0.39, 0.29) is 11.6 Å². The first-order valence-electron chi connectivity index (χ1n) is 6.41. The van der Waals surface area contributed by atoms with Gasteiger partial charge in [0, 0.05) is 23.7 Å². The molecule has 0 spiro atoms. The average molecular weight is 362 g/mol. The van der Waals surface area contributed by atoms with E-state index in [2.05, 4.69) is 26.3 Å². The van der Waals surface area contributed by atoms with Gasteiger partial charge in [-0.25, -0.2) is 13.2 Å². The Balaban J connectivity index is 2.64. The molecule has 0 saturated heterocycles. The lowest BCUT2D eigenvalue weighted by Gasteiger charge is -2.22. The van der Waals surface area contributed by atoms with Crippen molar-refractivity contribution in [1.29, 1.82) is 0 Å². The fourth-order valence-electron chi connectivity index (χ4n) is 2.28. The fourth-order valence-corrected chi connectivity index (χ4v) is 2.78. The highest BCUT2D eigenvalue weighted by atomic mass is 79.9. The van der Waals surface area contributed by atoms with E-state index in [1.165, 1.54) is 0 Å². The van der Waals surface area contributed by atoms with E-state index in [1.54, 1.807) is 17.9 Å². The van der Waals surface area contributed by atoms with Gasteiger partial charge in [0.1, 0.15) is 17.5 Å². The third-order valence-corrected chi connectivity index (χ3v) is 3.78. The molecule has 1 heterocycles. The van der Waals surface area contributed by atoms with Crippen LogP contribution in [0.5, 0.6) is 0 Å². The molecule has 1 aromatic carbocycles. The predicted octanol–water partition coefficient (Wildman–Crippen LogP) is 3.95. The molecule has 1 unspecified atom stereocenters. The van der Waals surface area contributed by atoms with Gasteiger partial charge in [-0.05, 0) is 36.8 Å². The normalized spacial score (nSPS) is 13.0. The molecule has 7 heteroatoms. The van der Waals surface area contributed by atoms with Gasteiger partial charge in [-0.1, -0.05) is 0 Å². The van der Waals surface area contributed by atoms with E-state index in [9.17, 15) is 13.2 Å². The van der Waals surface area contributed by atoms with Crippen molar-refractivity contribution < 1.29 is 13.2 Å². The standard InChI is InChI=1S/C14H15BrF3N3/c1-7(2)21-14(9(15)6-20-21)13(19-3)12-10(17)4-8(16)5-11(12)18/h4-7,13,19H,1-3H3. The van der Waals surface area contributed by atoms with Crippen molar-refractivity contribution in [1.82, 2.24) is 15.1 Å². The van der Waals surface area contributed by atoms with Crippen molar-refractivity contribution in [2.75, 3.05) is 7.05 Å². The SMILES string of the molecule is CNC(c1c(F)cc(F)cc1F)c1c(Br)cnn1C(C)C. The minimum absolute atomic E-state index is 0.00807. The number of rotatable bonds is 4. The zero-order valence-corrected chi connectivity index (χ0v) is 13.4. The average Bonchev–Trinajstić information content (AvgIpc) is 2.75. The Kier molecular flexibility index (Phi) is 4.73. The predicted molar refractivity (Wildman–Crippen MR) is 77.5 cm³/mol. The molecule has 1 aromatic heterocycles. The molecule has 2 aromatic rings. The zero-order chi connectivity index (χ0) is 15.7. The molecule has 2 rings (SSSR count). The number of hydrogen-bond acceptors (Lipinski definition) is 2. The van der Waals surface area contributed by atoms with Crippen molar-refractivity contribution in [3.05, 3.63) is 51.5 Å². The van der Waals surface area contributed by atoms with Crippen molar-refractivity contribution in [2.24, 2.45) is 0 Å². The van der Waals surface area contributed by atoms with Crippen LogP contribution in [0.25, 0.3) is 0 Å². The molecule has 0 aliphatic carbocycles. The number of nitrogens with zero attached hydrogens (tertiary/aromatic N) is 2. The zero-order valence-electron chi connectivity index (χ0n) is 11.8. The van der Waals surface area contributed by atoms with Gasteiger partial charge < -0.3 is 5.32 Å². The fraction of sp³-hybridized carbons (Fsp3) is 0.357. The smallest absolute Gasteiger partial charge is 0.134 e. The topological polar surface area (TPSA) is 29.9 Å². The highest BCUT2D eigenvalue weighted by Gasteiger charge is 2.27. The van der Waals surface area contributed by atoms with Crippen LogP contribution in [0.2, 0.25) is 0 Å². The van der Waals surface area contributed by atoms with Crippen LogP contribution in [0, 0.1) is 17.5 Å². The minimum Gasteiger partial charge on any atom is -0.308 e. The number of aromatic nitrogens is 2. The molecule has 21 heavy (non-hydrogen) atoms. The van der Waals surface area contributed by atoms with Gasteiger partial charge in [-0.15, -0.1) is 0 Å². The summed E-state index contributed by atoms with van der Waals surface area (Å²) in [5.74, 6) is -2.81. The van der Waals surface area contributed by atoms with Crippen LogP contribution in [0.15, 0.2) is 22.8 Å². The third kappa shape index (κ3) is 2.98. The molecule has 0 saturated carbocycles. The van der Waals surface area contributed by atoms with E-state index in [1.807, 2.05) is 13.8 Å². The molecule has 1 N–H and O–H groups in total. The summed E-state index contributed by atoms with van der Waals surface area (Å²) in [5.41, 5.74) is 0.346. The Bertz CT molecular complexity index is 632. The molecule has 3 nitrogen and oxygen atoms in total. The summed E-state index contributed by atoms with van der Waals surface area (Å²) in [5, 5.41) is 7.06. The lowest BCUT2D eigenvalue weighted by Crippen LogP contribution is -2.25. The second-order valence-electron chi connectivity index (χ2n) is 4.92. The molecule has 0 amide bonds. The van der Waals surface area contributed by atoms with E-state index in [0.717, 1.165) is 0 Å². The summed E-state index contributed by atoms with van der Waals surface area (Å²) in [6.07, 6.45) is 1.57. The Labute approximate surface area is 129 Å². The number of nitrogens with one attached hydrogen (secondary N) is 1. The second-order valence-corrected chi connectivity index (χ2v) is 5.78. The Morgan fingerprint density at radius 3 is 2.24 bits per heavy atom. The maximum atomic E-state index is 14.0. The largest absolute Gasteiger partial charge is 0.308 e. The maximum absolute atomic E-state index is 14.0. The first kappa shape index (κ1) is 16.0. The van der Waals surface area contributed by atoms with Crippen molar-refractivity contribution >= 4 is 15.9 Å². The summed E-state index contributed by atoms with van der Waals surface area (Å²) in [7, 11) is 1.58. The summed E-state index contributed by atoms with van der Waals surface area (Å²) in [4.78, 5) is 0. The maximum Gasteiger partial charge on any atom is 0.134 e. The van der Waals surface area contributed by atoms with Gasteiger partial charge in [0.05, 0.1) is 22.4 Å². The van der Waals surface area contributed by atoms with Gasteiger partial charge in [0.2, 0.25) is 0 Å². The van der Waals surface area contributed by atoms with Crippen LogP contribution in [0.1, 0.15) is 37.2 Å². The molecular formula is C14H15BrF3N3. The lowest BCUT2D eigenvalue weighted by atomic mass is 10.0. The summed E-state index contributed by atoms with van der Waals surface area (Å²) in [6.45, 7) is 3.82. The van der Waals surface area contributed by atoms with Gasteiger partial charge in [0.25, 0.3) is 0 Å². The Hall–Kier alpha value is -1.34. The summed E-state index contributed by atoms with van der Waals surface area (Å²) >= 11 is 3.35. The van der Waals surface area contributed by atoms with E-state index in [0.29, 0.717) is 22.3 Å². The van der Waals surface area contributed by atoms with Crippen LogP contribution in [0.3, 0.4) is 0 Å². The third-order valence-electron chi connectivity index (χ3n) is 3.17. The molecule has 0 radical (unpaired) electrons. The van der Waals surface area contributed by atoms with Gasteiger partial charge in [-0.2, -0.15) is 5.10 Å². The first-order valence-corrected chi connectivity index (χ1v) is 7.20. The molecule has 0 aliphatic heterocycles. The lowest BCUT2D eigenvalue weighted by molar-refractivity contribution is 0.456. The van der Waals surface area contributed by atoms with Gasteiger partial charge in [0.15, 0.2) is 0 Å². The minimum atomic E-state index is -0.944. The van der Waals surface area contributed by atoms with Crippen LogP contribution < -0.4 is 5.32 Å². The Morgan fingerprint density at radius 2 is 1.76 bits per heavy atom. The monoisotopic (exact) mass is 361 g/mol. The quantitative estimate of drug-likeness (QED) is 0.893. The number of halogens is 4. The molecule has 0 bridgehead atoms.